The van der Waals surface area contributed by atoms with Gasteiger partial charge in [-0.1, -0.05) is 13.0 Å². The topological polar surface area (TPSA) is 67.5 Å². The minimum absolute atomic E-state index is 0.227. The lowest BCUT2D eigenvalue weighted by Gasteiger charge is -2.17. The first-order valence-corrected chi connectivity index (χ1v) is 5.86. The molecule has 0 spiro atoms. The van der Waals surface area contributed by atoms with Gasteiger partial charge in [-0.3, -0.25) is 0 Å². The highest BCUT2D eigenvalue weighted by Crippen LogP contribution is 2.30. The molecule has 4 N–H and O–H groups in total. The second kappa shape index (κ2) is 6.51. The molecular formula is C12H17F3N2O2. The van der Waals surface area contributed by atoms with E-state index in [-0.39, 0.29) is 5.69 Å². The van der Waals surface area contributed by atoms with Crippen molar-refractivity contribution < 1.29 is 23.0 Å². The maximum absolute atomic E-state index is 12.2. The molecule has 1 aromatic rings. The molecule has 0 amide bonds. The molecule has 1 unspecified atom stereocenters. The van der Waals surface area contributed by atoms with Crippen LogP contribution in [0, 0.1) is 0 Å². The third-order valence-electron chi connectivity index (χ3n) is 2.39. The molecule has 1 aromatic carbocycles. The summed E-state index contributed by atoms with van der Waals surface area (Å²) in [7, 11) is 0. The molecule has 0 aliphatic carbocycles. The maximum Gasteiger partial charge on any atom is 0.416 e. The van der Waals surface area contributed by atoms with Gasteiger partial charge in [-0.25, -0.2) is 0 Å². The van der Waals surface area contributed by atoms with Gasteiger partial charge in [0.25, 0.3) is 0 Å². The van der Waals surface area contributed by atoms with E-state index in [9.17, 15) is 13.2 Å². The van der Waals surface area contributed by atoms with Crippen LogP contribution in [0.15, 0.2) is 18.2 Å². The van der Waals surface area contributed by atoms with Crippen molar-refractivity contribution in [2.45, 2.75) is 25.6 Å². The molecule has 0 bridgehead atoms. The Morgan fingerprint density at radius 2 is 2.11 bits per heavy atom. The average Bonchev–Trinajstić information content (AvgIpc) is 2.34. The van der Waals surface area contributed by atoms with Gasteiger partial charge >= 0.3 is 6.18 Å². The predicted octanol–water partition coefficient (Wildman–Crippen LogP) is 2.39. The van der Waals surface area contributed by atoms with Crippen molar-refractivity contribution in [1.29, 1.82) is 0 Å². The molecule has 4 nitrogen and oxygen atoms in total. The minimum atomic E-state index is -4.65. The Hall–Kier alpha value is -1.63. The number of anilines is 2. The van der Waals surface area contributed by atoms with E-state index in [4.69, 9.17) is 15.6 Å². The number of alkyl halides is 3. The van der Waals surface area contributed by atoms with Crippen LogP contribution >= 0.6 is 0 Å². The van der Waals surface area contributed by atoms with Gasteiger partial charge < -0.3 is 20.9 Å². The Morgan fingerprint density at radius 1 is 1.42 bits per heavy atom. The summed E-state index contributed by atoms with van der Waals surface area (Å²) in [5, 5.41) is 11.4. The molecule has 108 valence electrons. The first-order valence-electron chi connectivity index (χ1n) is 5.86. The van der Waals surface area contributed by atoms with E-state index in [2.05, 4.69) is 5.32 Å². The van der Waals surface area contributed by atoms with Gasteiger partial charge in [0.1, 0.15) is 5.75 Å². The molecule has 1 rings (SSSR count). The summed E-state index contributed by atoms with van der Waals surface area (Å²) < 4.78 is 41.8. The second-order valence-electron chi connectivity index (χ2n) is 4.00. The molecule has 0 aliphatic rings. The molecule has 0 fully saturated rings. The number of aliphatic hydroxyl groups is 1. The number of rotatable bonds is 6. The summed E-state index contributed by atoms with van der Waals surface area (Å²) in [6.45, 7) is 1.74. The fourth-order valence-corrected chi connectivity index (χ4v) is 1.36. The Kier molecular flexibility index (Phi) is 5.29. The van der Waals surface area contributed by atoms with Gasteiger partial charge in [0, 0.05) is 6.54 Å². The number of aliphatic hydroxyl groups excluding tert-OH is 1. The Morgan fingerprint density at radius 3 is 2.68 bits per heavy atom. The molecule has 0 saturated heterocycles. The molecule has 1 atom stereocenters. The first-order chi connectivity index (χ1) is 8.86. The largest absolute Gasteiger partial charge is 0.491 e. The molecule has 19 heavy (non-hydrogen) atoms. The molecular weight excluding hydrogens is 261 g/mol. The average molecular weight is 278 g/mol. The number of hydrogen-bond acceptors (Lipinski definition) is 4. The summed E-state index contributed by atoms with van der Waals surface area (Å²) >= 11 is 0. The van der Waals surface area contributed by atoms with Crippen LogP contribution in [0.4, 0.5) is 24.5 Å². The van der Waals surface area contributed by atoms with Crippen LogP contribution in [-0.4, -0.2) is 30.5 Å². The van der Waals surface area contributed by atoms with Crippen LogP contribution in [0.3, 0.4) is 0 Å². The zero-order valence-corrected chi connectivity index (χ0v) is 10.5. The van der Waals surface area contributed by atoms with Crippen LogP contribution < -0.4 is 15.8 Å². The number of ether oxygens (including phenoxy) is 1. The Bertz CT molecular complexity index is 410. The van der Waals surface area contributed by atoms with Crippen LogP contribution in [0.5, 0.6) is 5.75 Å². The van der Waals surface area contributed by atoms with Crippen LogP contribution in [-0.2, 0) is 0 Å². The number of para-hydroxylation sites is 1. The number of halogens is 3. The van der Waals surface area contributed by atoms with Gasteiger partial charge in [0.15, 0.2) is 6.10 Å². The van der Waals surface area contributed by atoms with Gasteiger partial charge in [0.2, 0.25) is 0 Å². The fraction of sp³-hybridized carbons (Fsp3) is 0.500. The summed E-state index contributed by atoms with van der Waals surface area (Å²) in [4.78, 5) is 0. The van der Waals surface area contributed by atoms with Crippen molar-refractivity contribution in [3.63, 3.8) is 0 Å². The highest BCUT2D eigenvalue weighted by atomic mass is 19.4. The zero-order valence-electron chi connectivity index (χ0n) is 10.5. The molecule has 0 saturated carbocycles. The quantitative estimate of drug-likeness (QED) is 0.699. The number of hydrogen-bond donors (Lipinski definition) is 3. The highest BCUT2D eigenvalue weighted by molar-refractivity contribution is 5.72. The first kappa shape index (κ1) is 15.4. The van der Waals surface area contributed by atoms with Crippen molar-refractivity contribution in [2.24, 2.45) is 0 Å². The summed E-state index contributed by atoms with van der Waals surface area (Å²) in [6, 6.07) is 4.78. The SMILES string of the molecule is CCCOc1cccc(NCC(O)C(F)(F)F)c1N. The van der Waals surface area contributed by atoms with Crippen molar-refractivity contribution in [3.8, 4) is 5.75 Å². The van der Waals surface area contributed by atoms with Crippen LogP contribution in [0.1, 0.15) is 13.3 Å². The van der Waals surface area contributed by atoms with E-state index in [0.29, 0.717) is 18.0 Å². The van der Waals surface area contributed by atoms with Crippen LogP contribution in [0.2, 0.25) is 0 Å². The zero-order chi connectivity index (χ0) is 14.5. The third kappa shape index (κ3) is 4.51. The third-order valence-corrected chi connectivity index (χ3v) is 2.39. The highest BCUT2D eigenvalue weighted by Gasteiger charge is 2.37. The van der Waals surface area contributed by atoms with Crippen molar-refractivity contribution in [1.82, 2.24) is 0 Å². The predicted molar refractivity (Wildman–Crippen MR) is 67.2 cm³/mol. The number of nitrogen functional groups attached to an aromatic ring is 1. The van der Waals surface area contributed by atoms with Gasteiger partial charge in [-0.15, -0.1) is 0 Å². The summed E-state index contributed by atoms with van der Waals surface area (Å²) in [6.07, 6.45) is -6.30. The standard InChI is InChI=1S/C12H17F3N2O2/c1-2-6-19-9-5-3-4-8(11(9)16)17-7-10(18)12(13,14)15/h3-5,10,17-18H,2,6-7,16H2,1H3. The van der Waals surface area contributed by atoms with E-state index >= 15 is 0 Å². The summed E-state index contributed by atoms with van der Waals surface area (Å²) in [5.74, 6) is 0.411. The van der Waals surface area contributed by atoms with Crippen molar-refractivity contribution in [3.05, 3.63) is 18.2 Å². The number of nitrogens with two attached hydrogens (primary N) is 1. The molecule has 0 aliphatic heterocycles. The number of nitrogens with one attached hydrogen (secondary N) is 1. The van der Waals surface area contributed by atoms with E-state index in [1.54, 1.807) is 12.1 Å². The van der Waals surface area contributed by atoms with Crippen LogP contribution in [0.25, 0.3) is 0 Å². The monoisotopic (exact) mass is 278 g/mol. The minimum Gasteiger partial charge on any atom is -0.491 e. The number of benzene rings is 1. The van der Waals surface area contributed by atoms with Gasteiger partial charge in [-0.2, -0.15) is 13.2 Å². The normalized spacial score (nSPS) is 13.1. The lowest BCUT2D eigenvalue weighted by Crippen LogP contribution is -2.35. The Balaban J connectivity index is 2.69. The molecule has 0 heterocycles. The lowest BCUT2D eigenvalue weighted by atomic mass is 10.2. The lowest BCUT2D eigenvalue weighted by molar-refractivity contribution is -0.198. The molecule has 7 heteroatoms. The van der Waals surface area contributed by atoms with Crippen molar-refractivity contribution >= 4 is 11.4 Å². The van der Waals surface area contributed by atoms with E-state index in [1.165, 1.54) is 6.07 Å². The maximum atomic E-state index is 12.2. The smallest absolute Gasteiger partial charge is 0.416 e. The summed E-state index contributed by atoms with van der Waals surface area (Å²) in [5.41, 5.74) is 6.30. The van der Waals surface area contributed by atoms with E-state index in [1.807, 2.05) is 6.92 Å². The van der Waals surface area contributed by atoms with E-state index < -0.39 is 18.8 Å². The van der Waals surface area contributed by atoms with Gasteiger partial charge in [0.05, 0.1) is 18.0 Å². The van der Waals surface area contributed by atoms with Crippen molar-refractivity contribution in [2.75, 3.05) is 24.2 Å². The molecule has 0 radical (unpaired) electrons. The van der Waals surface area contributed by atoms with E-state index in [0.717, 1.165) is 6.42 Å². The Labute approximate surface area is 109 Å². The second-order valence-corrected chi connectivity index (χ2v) is 4.00. The molecule has 0 aromatic heterocycles. The fourth-order valence-electron chi connectivity index (χ4n) is 1.36. The van der Waals surface area contributed by atoms with Gasteiger partial charge in [-0.05, 0) is 18.6 Å².